The van der Waals surface area contributed by atoms with E-state index in [4.69, 9.17) is 17.3 Å². The number of aromatic nitrogens is 2. The summed E-state index contributed by atoms with van der Waals surface area (Å²) in [4.78, 5) is 34.0. The van der Waals surface area contributed by atoms with Crippen molar-refractivity contribution >= 4 is 29.1 Å². The lowest BCUT2D eigenvalue weighted by Gasteiger charge is -2.29. The largest absolute Gasteiger partial charge is 0.368 e. The number of rotatable bonds is 4. The molecule has 0 radical (unpaired) electrons. The minimum Gasteiger partial charge on any atom is -0.368 e. The molecule has 2 amide bonds. The van der Waals surface area contributed by atoms with Gasteiger partial charge in [-0.3, -0.25) is 14.5 Å². The van der Waals surface area contributed by atoms with E-state index in [0.717, 1.165) is 31.5 Å². The van der Waals surface area contributed by atoms with E-state index in [0.29, 0.717) is 36.0 Å². The average Bonchev–Trinajstić information content (AvgIpc) is 3.38. The van der Waals surface area contributed by atoms with Crippen molar-refractivity contribution < 1.29 is 9.59 Å². The predicted octanol–water partition coefficient (Wildman–Crippen LogP) is 2.64. The lowest BCUT2D eigenvalue weighted by atomic mass is 9.99. The number of carbonyl (C=O) groups excluding carboxylic acids is 2. The molecule has 0 unspecified atom stereocenters. The molecule has 2 N–H and O–H groups in total. The summed E-state index contributed by atoms with van der Waals surface area (Å²) in [6.45, 7) is 2.39. The summed E-state index contributed by atoms with van der Waals surface area (Å²) in [5.74, 6) is -0.427. The Morgan fingerprint density at radius 1 is 1.13 bits per heavy atom. The van der Waals surface area contributed by atoms with Crippen LogP contribution in [-0.2, 0) is 24.3 Å². The normalized spacial score (nSPS) is 19.0. The van der Waals surface area contributed by atoms with Gasteiger partial charge in [-0.15, -0.1) is 0 Å². The first-order valence-corrected chi connectivity index (χ1v) is 10.9. The van der Waals surface area contributed by atoms with Crippen molar-refractivity contribution in [2.24, 2.45) is 5.73 Å². The summed E-state index contributed by atoms with van der Waals surface area (Å²) in [5, 5.41) is 0.560. The molecular weight excluding hydrogens is 414 g/mol. The molecule has 8 heteroatoms. The molecule has 5 rings (SSSR count). The Kier molecular flexibility index (Phi) is 5.16. The van der Waals surface area contributed by atoms with Gasteiger partial charge in [0, 0.05) is 25.8 Å². The summed E-state index contributed by atoms with van der Waals surface area (Å²) in [6.07, 6.45) is 4.24. The van der Waals surface area contributed by atoms with E-state index in [-0.39, 0.29) is 17.9 Å². The second-order valence-corrected chi connectivity index (χ2v) is 8.70. The first kappa shape index (κ1) is 20.0. The predicted molar refractivity (Wildman–Crippen MR) is 118 cm³/mol. The van der Waals surface area contributed by atoms with E-state index in [1.807, 2.05) is 32.4 Å². The number of fused-ring (bicyclic) bond motifs is 2. The van der Waals surface area contributed by atoms with Crippen LogP contribution in [0.25, 0.3) is 5.65 Å². The molecule has 160 valence electrons. The highest BCUT2D eigenvalue weighted by Crippen LogP contribution is 2.26. The van der Waals surface area contributed by atoms with Crippen molar-refractivity contribution in [3.8, 4) is 0 Å². The average molecular weight is 438 g/mol. The zero-order valence-electron chi connectivity index (χ0n) is 17.1. The number of pyridine rings is 1. The molecule has 0 spiro atoms. The number of amides is 2. The summed E-state index contributed by atoms with van der Waals surface area (Å²) < 4.78 is 1.86. The maximum Gasteiger partial charge on any atom is 0.274 e. The number of halogens is 1. The first-order chi connectivity index (χ1) is 15.0. The van der Waals surface area contributed by atoms with E-state index >= 15 is 0 Å². The van der Waals surface area contributed by atoms with Gasteiger partial charge in [0.05, 0.1) is 16.8 Å². The van der Waals surface area contributed by atoms with Gasteiger partial charge >= 0.3 is 0 Å². The molecule has 2 aliphatic rings. The fraction of sp³-hybridized carbons (Fsp3) is 0.348. The molecule has 0 saturated carbocycles. The third-order valence-corrected chi connectivity index (χ3v) is 6.57. The second kappa shape index (κ2) is 7.98. The molecule has 1 atom stereocenters. The monoisotopic (exact) mass is 437 g/mol. The van der Waals surface area contributed by atoms with Crippen molar-refractivity contribution in [2.75, 3.05) is 13.1 Å². The van der Waals surface area contributed by atoms with E-state index in [1.165, 1.54) is 11.1 Å². The quantitative estimate of drug-likeness (QED) is 0.680. The smallest absolute Gasteiger partial charge is 0.274 e. The van der Waals surface area contributed by atoms with Crippen LogP contribution in [0.2, 0.25) is 5.02 Å². The minimum atomic E-state index is -0.329. The highest BCUT2D eigenvalue weighted by Gasteiger charge is 2.33. The summed E-state index contributed by atoms with van der Waals surface area (Å²) in [7, 11) is 0. The molecule has 1 fully saturated rings. The van der Waals surface area contributed by atoms with Crippen LogP contribution in [0.3, 0.4) is 0 Å². The molecule has 3 aromatic rings. The van der Waals surface area contributed by atoms with Crippen LogP contribution in [0.1, 0.15) is 40.2 Å². The van der Waals surface area contributed by atoms with Crippen LogP contribution in [0.4, 0.5) is 0 Å². The van der Waals surface area contributed by atoms with Crippen LogP contribution < -0.4 is 5.73 Å². The van der Waals surface area contributed by atoms with Crippen LogP contribution in [0.15, 0.2) is 42.6 Å². The van der Waals surface area contributed by atoms with Crippen molar-refractivity contribution in [3.05, 3.63) is 70.1 Å². The minimum absolute atomic E-state index is 0.0980. The van der Waals surface area contributed by atoms with E-state index < -0.39 is 0 Å². The zero-order chi connectivity index (χ0) is 21.5. The molecule has 2 aliphatic heterocycles. The highest BCUT2D eigenvalue weighted by molar-refractivity contribution is 6.30. The lowest BCUT2D eigenvalue weighted by molar-refractivity contribution is -0.122. The Balaban J connectivity index is 1.51. The Morgan fingerprint density at radius 3 is 2.74 bits per heavy atom. The molecule has 4 heterocycles. The van der Waals surface area contributed by atoms with Crippen molar-refractivity contribution in [2.45, 2.75) is 38.4 Å². The number of benzene rings is 1. The SMILES string of the molecule is NC(=O)[C@@H]1CCCN1Cc1c(C(=O)N2CCc3ccccc3C2)nc2ccc(Cl)cn12. The van der Waals surface area contributed by atoms with Gasteiger partial charge in [-0.1, -0.05) is 35.9 Å². The van der Waals surface area contributed by atoms with Crippen molar-refractivity contribution in [1.82, 2.24) is 19.2 Å². The summed E-state index contributed by atoms with van der Waals surface area (Å²) >= 11 is 6.25. The fourth-order valence-corrected chi connectivity index (χ4v) is 4.90. The molecule has 1 saturated heterocycles. The van der Waals surface area contributed by atoms with Crippen molar-refractivity contribution in [3.63, 3.8) is 0 Å². The number of likely N-dealkylation sites (tertiary alicyclic amines) is 1. The summed E-state index contributed by atoms with van der Waals surface area (Å²) in [6, 6.07) is 11.5. The van der Waals surface area contributed by atoms with Crippen LogP contribution in [-0.4, -0.2) is 50.1 Å². The van der Waals surface area contributed by atoms with E-state index in [9.17, 15) is 9.59 Å². The third-order valence-electron chi connectivity index (χ3n) is 6.35. The van der Waals surface area contributed by atoms with Gasteiger partial charge in [0.25, 0.3) is 5.91 Å². The second-order valence-electron chi connectivity index (χ2n) is 8.26. The van der Waals surface area contributed by atoms with Crippen molar-refractivity contribution in [1.29, 1.82) is 0 Å². The number of hydrogen-bond donors (Lipinski definition) is 1. The molecule has 2 aromatic heterocycles. The Morgan fingerprint density at radius 2 is 1.94 bits per heavy atom. The lowest BCUT2D eigenvalue weighted by Crippen LogP contribution is -2.41. The van der Waals surface area contributed by atoms with Gasteiger partial charge in [0.15, 0.2) is 5.69 Å². The molecule has 7 nitrogen and oxygen atoms in total. The summed E-state index contributed by atoms with van der Waals surface area (Å²) in [5.41, 5.74) is 9.89. The van der Waals surface area contributed by atoms with Gasteiger partial charge in [-0.05, 0) is 49.1 Å². The molecular formula is C23H24ClN5O2. The number of nitrogens with zero attached hydrogens (tertiary/aromatic N) is 4. The van der Waals surface area contributed by atoms with Crippen LogP contribution >= 0.6 is 11.6 Å². The van der Waals surface area contributed by atoms with Crippen LogP contribution in [0, 0.1) is 0 Å². The van der Waals surface area contributed by atoms with E-state index in [1.54, 1.807) is 12.3 Å². The number of primary amides is 1. The Hall–Kier alpha value is -2.90. The Labute approximate surface area is 185 Å². The van der Waals surface area contributed by atoms with Crippen LogP contribution in [0.5, 0.6) is 0 Å². The van der Waals surface area contributed by atoms with Gasteiger partial charge in [0.1, 0.15) is 5.65 Å². The van der Waals surface area contributed by atoms with E-state index in [2.05, 4.69) is 17.1 Å². The van der Waals surface area contributed by atoms with Gasteiger partial charge in [0.2, 0.25) is 5.91 Å². The number of carbonyl (C=O) groups is 2. The number of nitrogens with two attached hydrogens (primary N) is 1. The highest BCUT2D eigenvalue weighted by atomic mass is 35.5. The number of hydrogen-bond acceptors (Lipinski definition) is 4. The fourth-order valence-electron chi connectivity index (χ4n) is 4.74. The van der Waals surface area contributed by atoms with Gasteiger partial charge < -0.3 is 15.0 Å². The standard InChI is InChI=1S/C23H24ClN5O2/c24-17-7-8-20-26-21(23(31)28-11-9-15-4-1-2-5-16(15)12-28)19(29(20)13-17)14-27-10-3-6-18(27)22(25)30/h1-2,4-5,7-8,13,18H,3,6,9-12,14H2,(H2,25,30)/t18-/m0/s1. The third kappa shape index (κ3) is 3.68. The zero-order valence-corrected chi connectivity index (χ0v) is 17.9. The molecule has 0 bridgehead atoms. The maximum absolute atomic E-state index is 13.6. The Bertz CT molecular complexity index is 1170. The molecule has 0 aliphatic carbocycles. The molecule has 1 aromatic carbocycles. The van der Waals surface area contributed by atoms with Gasteiger partial charge in [-0.2, -0.15) is 0 Å². The maximum atomic E-state index is 13.6. The topological polar surface area (TPSA) is 83.9 Å². The first-order valence-electron chi connectivity index (χ1n) is 10.6. The molecule has 31 heavy (non-hydrogen) atoms. The number of imidazole rings is 1. The van der Waals surface area contributed by atoms with Gasteiger partial charge in [-0.25, -0.2) is 4.98 Å².